The van der Waals surface area contributed by atoms with Gasteiger partial charge in [0.1, 0.15) is 0 Å². The standard InChI is InChI=1S/C16H22ClN3O3/c1-11-13(17)5-2-6-14(11)19-15(22)8-18-16(23)10-20-7-3-4-12(21)9-20/h2,5-6,12,21H,3-4,7-10H2,1H3,(H,18,23)(H,19,22)/t12-/m1/s1. The lowest BCUT2D eigenvalue weighted by molar-refractivity contribution is -0.125. The van der Waals surface area contributed by atoms with Crippen molar-refractivity contribution in [3.63, 3.8) is 0 Å². The lowest BCUT2D eigenvalue weighted by Crippen LogP contribution is -2.45. The first kappa shape index (κ1) is 17.7. The van der Waals surface area contributed by atoms with Gasteiger partial charge in [0.2, 0.25) is 11.8 Å². The topological polar surface area (TPSA) is 81.7 Å². The molecule has 0 unspecified atom stereocenters. The minimum absolute atomic E-state index is 0.0961. The van der Waals surface area contributed by atoms with E-state index in [0.29, 0.717) is 17.3 Å². The Labute approximate surface area is 140 Å². The molecule has 7 heteroatoms. The van der Waals surface area contributed by atoms with Crippen LogP contribution in [0.1, 0.15) is 18.4 Å². The number of benzene rings is 1. The van der Waals surface area contributed by atoms with Gasteiger partial charge in [-0.15, -0.1) is 0 Å². The molecule has 0 spiro atoms. The van der Waals surface area contributed by atoms with Crippen molar-refractivity contribution in [3.8, 4) is 0 Å². The van der Waals surface area contributed by atoms with Gasteiger partial charge in [-0.2, -0.15) is 0 Å². The summed E-state index contributed by atoms with van der Waals surface area (Å²) in [6.07, 6.45) is 1.29. The second-order valence-electron chi connectivity index (χ2n) is 5.77. The van der Waals surface area contributed by atoms with Gasteiger partial charge in [-0.25, -0.2) is 0 Å². The number of hydrogen-bond donors (Lipinski definition) is 3. The van der Waals surface area contributed by atoms with Crippen molar-refractivity contribution in [3.05, 3.63) is 28.8 Å². The smallest absolute Gasteiger partial charge is 0.243 e. The summed E-state index contributed by atoms with van der Waals surface area (Å²) in [5.41, 5.74) is 1.42. The lowest BCUT2D eigenvalue weighted by atomic mass is 10.1. The normalized spacial score (nSPS) is 18.5. The molecule has 1 aliphatic rings. The second-order valence-corrected chi connectivity index (χ2v) is 6.18. The van der Waals surface area contributed by atoms with E-state index in [9.17, 15) is 14.7 Å². The highest BCUT2D eigenvalue weighted by molar-refractivity contribution is 6.31. The molecule has 0 aromatic heterocycles. The molecule has 2 amide bonds. The van der Waals surface area contributed by atoms with Crippen LogP contribution in [0.5, 0.6) is 0 Å². The van der Waals surface area contributed by atoms with E-state index in [2.05, 4.69) is 10.6 Å². The zero-order valence-electron chi connectivity index (χ0n) is 13.1. The largest absolute Gasteiger partial charge is 0.392 e. The van der Waals surface area contributed by atoms with Crippen molar-refractivity contribution in [1.82, 2.24) is 10.2 Å². The van der Waals surface area contributed by atoms with Crippen molar-refractivity contribution >= 4 is 29.1 Å². The molecule has 0 radical (unpaired) electrons. The first-order valence-corrected chi connectivity index (χ1v) is 8.05. The molecule has 0 bridgehead atoms. The number of piperidine rings is 1. The molecule has 1 heterocycles. The maximum absolute atomic E-state index is 11.9. The summed E-state index contributed by atoms with van der Waals surface area (Å²) in [5.74, 6) is -0.528. The predicted octanol–water partition coefficient (Wildman–Crippen LogP) is 1.16. The molecule has 1 aromatic carbocycles. The summed E-state index contributed by atoms with van der Waals surface area (Å²) in [6.45, 7) is 3.21. The molecule has 1 atom stereocenters. The number of halogens is 1. The number of anilines is 1. The van der Waals surface area contributed by atoms with Crippen molar-refractivity contribution in [1.29, 1.82) is 0 Å². The molecule has 1 aromatic rings. The number of hydrogen-bond acceptors (Lipinski definition) is 4. The fraction of sp³-hybridized carbons (Fsp3) is 0.500. The molecule has 0 aliphatic carbocycles. The number of carbonyl (C=O) groups is 2. The van der Waals surface area contributed by atoms with Crippen molar-refractivity contribution in [2.75, 3.05) is 31.5 Å². The van der Waals surface area contributed by atoms with Gasteiger partial charge in [0.05, 0.1) is 19.2 Å². The van der Waals surface area contributed by atoms with E-state index >= 15 is 0 Å². The molecule has 1 saturated heterocycles. The van der Waals surface area contributed by atoms with E-state index in [0.717, 1.165) is 24.9 Å². The Balaban J connectivity index is 1.75. The highest BCUT2D eigenvalue weighted by Gasteiger charge is 2.19. The molecule has 1 aliphatic heterocycles. The predicted molar refractivity (Wildman–Crippen MR) is 89.5 cm³/mol. The van der Waals surface area contributed by atoms with Crippen LogP contribution in [-0.2, 0) is 9.59 Å². The molecule has 1 fully saturated rings. The van der Waals surface area contributed by atoms with E-state index in [1.807, 2.05) is 11.8 Å². The molecule has 23 heavy (non-hydrogen) atoms. The third kappa shape index (κ3) is 5.49. The highest BCUT2D eigenvalue weighted by Crippen LogP contribution is 2.22. The summed E-state index contributed by atoms with van der Waals surface area (Å²) in [6, 6.07) is 5.27. The number of aliphatic hydroxyl groups excluding tert-OH is 1. The molecular weight excluding hydrogens is 318 g/mol. The summed E-state index contributed by atoms with van der Waals surface area (Å²) < 4.78 is 0. The van der Waals surface area contributed by atoms with Crippen molar-refractivity contribution in [2.24, 2.45) is 0 Å². The van der Waals surface area contributed by atoms with E-state index in [4.69, 9.17) is 11.6 Å². The first-order chi connectivity index (χ1) is 11.0. The van der Waals surface area contributed by atoms with Gasteiger partial charge in [0, 0.05) is 17.3 Å². The molecule has 126 valence electrons. The SMILES string of the molecule is Cc1c(Cl)cccc1NC(=O)CNC(=O)CN1CCC[C@@H](O)C1. The van der Waals surface area contributed by atoms with Crippen molar-refractivity contribution < 1.29 is 14.7 Å². The second kappa shape index (κ2) is 8.29. The fourth-order valence-corrected chi connectivity index (χ4v) is 2.72. The van der Waals surface area contributed by atoms with Crippen molar-refractivity contribution in [2.45, 2.75) is 25.9 Å². The van der Waals surface area contributed by atoms with Crippen LogP contribution in [0.4, 0.5) is 5.69 Å². The third-order valence-corrected chi connectivity index (χ3v) is 4.25. The molecule has 6 nitrogen and oxygen atoms in total. The van der Waals surface area contributed by atoms with Gasteiger partial charge in [-0.3, -0.25) is 14.5 Å². The van der Waals surface area contributed by atoms with Crippen LogP contribution in [0, 0.1) is 6.92 Å². The number of rotatable bonds is 5. The monoisotopic (exact) mass is 339 g/mol. The average molecular weight is 340 g/mol. The Hall–Kier alpha value is -1.63. The van der Waals surface area contributed by atoms with Crippen LogP contribution in [-0.4, -0.2) is 54.1 Å². The van der Waals surface area contributed by atoms with Gasteiger partial charge in [0.15, 0.2) is 0 Å². The van der Waals surface area contributed by atoms with Gasteiger partial charge in [0.25, 0.3) is 0 Å². The number of nitrogens with zero attached hydrogens (tertiary/aromatic N) is 1. The summed E-state index contributed by atoms with van der Waals surface area (Å²) in [4.78, 5) is 25.7. The first-order valence-electron chi connectivity index (χ1n) is 7.68. The Bertz CT molecular complexity index is 580. The average Bonchev–Trinajstić information content (AvgIpc) is 2.50. The maximum atomic E-state index is 11.9. The molecule has 2 rings (SSSR count). The Kier molecular flexibility index (Phi) is 6.38. The zero-order chi connectivity index (χ0) is 16.8. The van der Waals surface area contributed by atoms with Gasteiger partial charge < -0.3 is 15.7 Å². The van der Waals surface area contributed by atoms with Crippen LogP contribution < -0.4 is 10.6 Å². The summed E-state index contributed by atoms with van der Waals surface area (Å²) in [5, 5.41) is 15.5. The van der Waals surface area contributed by atoms with Gasteiger partial charge >= 0.3 is 0 Å². The summed E-state index contributed by atoms with van der Waals surface area (Å²) in [7, 11) is 0. The van der Waals surface area contributed by atoms with Crippen LogP contribution in [0.3, 0.4) is 0 Å². The minimum atomic E-state index is -0.370. The quantitative estimate of drug-likeness (QED) is 0.752. The van der Waals surface area contributed by atoms with Gasteiger partial charge in [-0.05, 0) is 44.0 Å². The van der Waals surface area contributed by atoms with E-state index in [1.165, 1.54) is 0 Å². The van der Waals surface area contributed by atoms with Gasteiger partial charge in [-0.1, -0.05) is 17.7 Å². The van der Waals surface area contributed by atoms with E-state index < -0.39 is 0 Å². The Morgan fingerprint density at radius 3 is 2.91 bits per heavy atom. The molecular formula is C16H22ClN3O3. The zero-order valence-corrected chi connectivity index (χ0v) is 13.9. The van der Waals surface area contributed by atoms with Crippen LogP contribution in [0.15, 0.2) is 18.2 Å². The number of likely N-dealkylation sites (tertiary alicyclic amines) is 1. The fourth-order valence-electron chi connectivity index (χ4n) is 2.55. The third-order valence-electron chi connectivity index (χ3n) is 3.84. The lowest BCUT2D eigenvalue weighted by Gasteiger charge is -2.29. The highest BCUT2D eigenvalue weighted by atomic mass is 35.5. The number of carbonyl (C=O) groups excluding carboxylic acids is 2. The minimum Gasteiger partial charge on any atom is -0.392 e. The molecule has 3 N–H and O–H groups in total. The maximum Gasteiger partial charge on any atom is 0.243 e. The van der Waals surface area contributed by atoms with E-state index in [1.54, 1.807) is 18.2 Å². The summed E-state index contributed by atoms with van der Waals surface area (Å²) >= 11 is 6.00. The Morgan fingerprint density at radius 2 is 2.17 bits per heavy atom. The number of aliphatic hydroxyl groups is 1. The molecule has 0 saturated carbocycles. The van der Waals surface area contributed by atoms with Crippen LogP contribution >= 0.6 is 11.6 Å². The Morgan fingerprint density at radius 1 is 1.39 bits per heavy atom. The number of amides is 2. The number of nitrogens with one attached hydrogen (secondary N) is 2. The van der Waals surface area contributed by atoms with Crippen LogP contribution in [0.2, 0.25) is 5.02 Å². The van der Waals surface area contributed by atoms with Crippen LogP contribution in [0.25, 0.3) is 0 Å². The van der Waals surface area contributed by atoms with E-state index in [-0.39, 0.29) is 31.0 Å². The number of β-amino-alcohol motifs (C(OH)–C–C–N with tert-alkyl or cyclic N) is 1.